The highest BCUT2D eigenvalue weighted by atomic mass is 35.5. The van der Waals surface area contributed by atoms with Crippen molar-refractivity contribution in [1.82, 2.24) is 0 Å². The van der Waals surface area contributed by atoms with Crippen LogP contribution in [0.15, 0.2) is 12.1 Å². The number of hydrogen-bond donors (Lipinski definition) is 1. The Balaban J connectivity index is 3.25. The van der Waals surface area contributed by atoms with Crippen molar-refractivity contribution < 1.29 is 14.8 Å². The number of aryl methyl sites for hydroxylation is 1. The standard InChI is InChI=1S/C9H10ClNO4/c1-15-8-5-6(2-3-10)4-7(9(8)12)11(13)14/h4-5,12H,2-3H2,1H3. The van der Waals surface area contributed by atoms with Crippen LogP contribution in [0.1, 0.15) is 5.56 Å². The van der Waals surface area contributed by atoms with Crippen molar-refractivity contribution in [2.45, 2.75) is 6.42 Å². The number of alkyl halides is 1. The number of nitrogens with zero attached hydrogens (tertiary/aromatic N) is 1. The van der Waals surface area contributed by atoms with Crippen molar-refractivity contribution >= 4 is 17.3 Å². The minimum Gasteiger partial charge on any atom is -0.500 e. The highest BCUT2D eigenvalue weighted by Gasteiger charge is 2.19. The summed E-state index contributed by atoms with van der Waals surface area (Å²) in [5.41, 5.74) is 0.292. The molecule has 0 aromatic heterocycles. The van der Waals surface area contributed by atoms with Crippen molar-refractivity contribution in [3.05, 3.63) is 27.8 Å². The molecule has 0 saturated heterocycles. The van der Waals surface area contributed by atoms with Gasteiger partial charge in [0.1, 0.15) is 0 Å². The van der Waals surface area contributed by atoms with Crippen LogP contribution in [0, 0.1) is 10.1 Å². The Kier molecular flexibility index (Phi) is 3.74. The first kappa shape index (κ1) is 11.6. The van der Waals surface area contributed by atoms with Gasteiger partial charge in [-0.25, -0.2) is 0 Å². The third-order valence-electron chi connectivity index (χ3n) is 1.91. The van der Waals surface area contributed by atoms with E-state index in [1.807, 2.05) is 0 Å². The zero-order valence-corrected chi connectivity index (χ0v) is 8.82. The van der Waals surface area contributed by atoms with Crippen molar-refractivity contribution in [3.63, 3.8) is 0 Å². The molecule has 1 aromatic rings. The topological polar surface area (TPSA) is 72.6 Å². The van der Waals surface area contributed by atoms with E-state index in [0.717, 1.165) is 0 Å². The normalized spacial score (nSPS) is 10.0. The van der Waals surface area contributed by atoms with Gasteiger partial charge < -0.3 is 9.84 Å². The summed E-state index contributed by atoms with van der Waals surface area (Å²) in [4.78, 5) is 9.95. The fraction of sp³-hybridized carbons (Fsp3) is 0.333. The Hall–Kier alpha value is -1.49. The molecule has 0 aliphatic carbocycles. The molecule has 0 aliphatic heterocycles. The molecule has 0 unspecified atom stereocenters. The molecule has 0 bridgehead atoms. The van der Waals surface area contributed by atoms with E-state index in [4.69, 9.17) is 16.3 Å². The van der Waals surface area contributed by atoms with Crippen LogP contribution in [0.25, 0.3) is 0 Å². The molecule has 0 aliphatic rings. The van der Waals surface area contributed by atoms with Crippen LogP contribution in [0.4, 0.5) is 5.69 Å². The van der Waals surface area contributed by atoms with Gasteiger partial charge in [-0.1, -0.05) is 0 Å². The highest BCUT2D eigenvalue weighted by Crippen LogP contribution is 2.36. The molecule has 0 radical (unpaired) electrons. The number of rotatable bonds is 4. The minimum atomic E-state index is -0.657. The van der Waals surface area contributed by atoms with Gasteiger partial charge in [0.05, 0.1) is 12.0 Å². The van der Waals surface area contributed by atoms with Crippen LogP contribution < -0.4 is 4.74 Å². The van der Waals surface area contributed by atoms with Gasteiger partial charge in [0, 0.05) is 11.9 Å². The van der Waals surface area contributed by atoms with Gasteiger partial charge in [0.15, 0.2) is 5.75 Å². The molecule has 0 fully saturated rings. The lowest BCUT2D eigenvalue weighted by Gasteiger charge is -2.06. The first-order valence-corrected chi connectivity index (χ1v) is 4.73. The Morgan fingerprint density at radius 3 is 2.73 bits per heavy atom. The van der Waals surface area contributed by atoms with Crippen molar-refractivity contribution in [2.24, 2.45) is 0 Å². The molecule has 0 saturated carbocycles. The number of methoxy groups -OCH3 is 1. The Morgan fingerprint density at radius 2 is 2.27 bits per heavy atom. The fourth-order valence-electron chi connectivity index (χ4n) is 1.20. The van der Waals surface area contributed by atoms with Gasteiger partial charge in [0.2, 0.25) is 5.75 Å². The molecule has 0 amide bonds. The van der Waals surface area contributed by atoms with E-state index in [9.17, 15) is 15.2 Å². The third-order valence-corrected chi connectivity index (χ3v) is 2.10. The second kappa shape index (κ2) is 4.84. The van der Waals surface area contributed by atoms with E-state index in [1.54, 1.807) is 0 Å². The number of ether oxygens (including phenoxy) is 1. The molecule has 82 valence electrons. The number of aromatic hydroxyl groups is 1. The van der Waals surface area contributed by atoms with Crippen molar-refractivity contribution in [3.8, 4) is 11.5 Å². The van der Waals surface area contributed by atoms with Gasteiger partial charge >= 0.3 is 5.69 Å². The summed E-state index contributed by atoms with van der Waals surface area (Å²) < 4.78 is 4.83. The lowest BCUT2D eigenvalue weighted by atomic mass is 10.1. The monoisotopic (exact) mass is 231 g/mol. The number of nitro groups is 1. The molecule has 0 spiro atoms. The summed E-state index contributed by atoms with van der Waals surface area (Å²) in [6.45, 7) is 0. The van der Waals surface area contributed by atoms with Gasteiger partial charge in [-0.05, 0) is 18.1 Å². The summed E-state index contributed by atoms with van der Waals surface area (Å²) in [7, 11) is 1.34. The van der Waals surface area contributed by atoms with Gasteiger partial charge in [-0.15, -0.1) is 11.6 Å². The SMILES string of the molecule is COc1cc(CCCl)cc([N+](=O)[O-])c1O. The first-order chi connectivity index (χ1) is 7.10. The van der Waals surface area contributed by atoms with Crippen LogP contribution >= 0.6 is 11.6 Å². The summed E-state index contributed by atoms with van der Waals surface area (Å²) >= 11 is 5.53. The predicted molar refractivity (Wildman–Crippen MR) is 55.7 cm³/mol. The molecule has 5 nitrogen and oxygen atoms in total. The molecular formula is C9H10ClNO4. The van der Waals surface area contributed by atoms with Crippen LogP contribution in [0.3, 0.4) is 0 Å². The van der Waals surface area contributed by atoms with E-state index in [2.05, 4.69) is 0 Å². The van der Waals surface area contributed by atoms with E-state index >= 15 is 0 Å². The molecule has 6 heteroatoms. The number of benzene rings is 1. The summed E-state index contributed by atoms with van der Waals surface area (Å²) in [5.74, 6) is -0.0180. The van der Waals surface area contributed by atoms with Crippen LogP contribution in [-0.2, 0) is 6.42 Å². The fourth-order valence-corrected chi connectivity index (χ4v) is 1.42. The smallest absolute Gasteiger partial charge is 0.314 e. The predicted octanol–water partition coefficient (Wildman–Crippen LogP) is 2.09. The maximum atomic E-state index is 10.6. The first-order valence-electron chi connectivity index (χ1n) is 4.20. The maximum absolute atomic E-state index is 10.6. The molecule has 0 atom stereocenters. The lowest BCUT2D eigenvalue weighted by Crippen LogP contribution is -1.95. The largest absolute Gasteiger partial charge is 0.500 e. The number of nitro benzene ring substituents is 1. The van der Waals surface area contributed by atoms with E-state index in [1.165, 1.54) is 19.2 Å². The van der Waals surface area contributed by atoms with E-state index in [-0.39, 0.29) is 11.4 Å². The molecular weight excluding hydrogens is 222 g/mol. The molecule has 1 N–H and O–H groups in total. The second-order valence-electron chi connectivity index (χ2n) is 2.86. The van der Waals surface area contributed by atoms with Crippen molar-refractivity contribution in [1.29, 1.82) is 0 Å². The Labute approximate surface area is 91.4 Å². The van der Waals surface area contributed by atoms with E-state index < -0.39 is 10.7 Å². The minimum absolute atomic E-state index is 0.0873. The zero-order valence-electron chi connectivity index (χ0n) is 8.07. The number of halogens is 1. The number of phenols is 1. The van der Waals surface area contributed by atoms with Gasteiger partial charge in [-0.3, -0.25) is 10.1 Å². The number of phenolic OH excluding ortho intramolecular Hbond substituents is 1. The van der Waals surface area contributed by atoms with Gasteiger partial charge in [-0.2, -0.15) is 0 Å². The Morgan fingerprint density at radius 1 is 1.60 bits per heavy atom. The molecule has 1 aromatic carbocycles. The molecule has 0 heterocycles. The molecule has 1 rings (SSSR count). The highest BCUT2D eigenvalue weighted by molar-refractivity contribution is 6.18. The van der Waals surface area contributed by atoms with Crippen LogP contribution in [0.5, 0.6) is 11.5 Å². The lowest BCUT2D eigenvalue weighted by molar-refractivity contribution is -0.386. The van der Waals surface area contributed by atoms with E-state index in [0.29, 0.717) is 17.9 Å². The second-order valence-corrected chi connectivity index (χ2v) is 3.24. The van der Waals surface area contributed by atoms with Crippen molar-refractivity contribution in [2.75, 3.05) is 13.0 Å². The quantitative estimate of drug-likeness (QED) is 0.489. The third kappa shape index (κ3) is 2.50. The number of hydrogen-bond acceptors (Lipinski definition) is 4. The summed E-state index contributed by atoms with van der Waals surface area (Å²) in [6, 6.07) is 2.82. The summed E-state index contributed by atoms with van der Waals surface area (Å²) in [5, 5.41) is 20.1. The average molecular weight is 232 g/mol. The Bertz CT molecular complexity index is 381. The zero-order chi connectivity index (χ0) is 11.4. The average Bonchev–Trinajstić information content (AvgIpc) is 2.20. The maximum Gasteiger partial charge on any atom is 0.314 e. The molecule has 15 heavy (non-hydrogen) atoms. The summed E-state index contributed by atoms with van der Waals surface area (Å²) in [6.07, 6.45) is 0.485. The van der Waals surface area contributed by atoms with Gasteiger partial charge in [0.25, 0.3) is 0 Å². The van der Waals surface area contributed by atoms with Crippen LogP contribution in [0.2, 0.25) is 0 Å². The van der Waals surface area contributed by atoms with Crippen LogP contribution in [-0.4, -0.2) is 23.0 Å².